The van der Waals surface area contributed by atoms with E-state index in [2.05, 4.69) is 21.5 Å². The molecule has 1 aliphatic carbocycles. The minimum atomic E-state index is -0.250. The summed E-state index contributed by atoms with van der Waals surface area (Å²) < 4.78 is 1.77. The highest BCUT2D eigenvalue weighted by Crippen LogP contribution is 2.28. The van der Waals surface area contributed by atoms with Gasteiger partial charge in [0.05, 0.1) is 23.3 Å². The molecule has 0 aliphatic heterocycles. The first kappa shape index (κ1) is 18.1. The van der Waals surface area contributed by atoms with E-state index < -0.39 is 0 Å². The summed E-state index contributed by atoms with van der Waals surface area (Å²) in [5, 5.41) is 27.2. The number of aryl methyl sites for hydroxylation is 1. The minimum Gasteiger partial charge on any atom is -0.393 e. The Morgan fingerprint density at radius 2 is 2.04 bits per heavy atom. The highest BCUT2D eigenvalue weighted by Gasteiger charge is 2.22. The van der Waals surface area contributed by atoms with Gasteiger partial charge in [-0.1, -0.05) is 0 Å². The number of nitrogens with one attached hydrogen (secondary N) is 1. The van der Waals surface area contributed by atoms with Gasteiger partial charge in [0.25, 0.3) is 5.91 Å². The van der Waals surface area contributed by atoms with Gasteiger partial charge in [-0.05, 0) is 56.0 Å². The van der Waals surface area contributed by atoms with Gasteiger partial charge >= 0.3 is 0 Å². The molecule has 142 valence electrons. The summed E-state index contributed by atoms with van der Waals surface area (Å²) in [5.41, 5.74) is 3.37. The fraction of sp³-hybridized carbons (Fsp3) is 0.333. The predicted molar refractivity (Wildman–Crippen MR) is 104 cm³/mol. The van der Waals surface area contributed by atoms with Gasteiger partial charge in [-0.15, -0.1) is 0 Å². The average molecular weight is 375 g/mol. The Labute approximate surface area is 162 Å². The van der Waals surface area contributed by atoms with E-state index in [9.17, 15) is 9.90 Å². The summed E-state index contributed by atoms with van der Waals surface area (Å²) in [4.78, 5) is 16.8. The number of nitriles is 1. The van der Waals surface area contributed by atoms with Crippen LogP contribution in [0.15, 0.2) is 36.5 Å². The maximum absolute atomic E-state index is 12.5. The fourth-order valence-electron chi connectivity index (χ4n) is 3.70. The van der Waals surface area contributed by atoms with Crippen molar-refractivity contribution in [3.8, 4) is 17.3 Å². The summed E-state index contributed by atoms with van der Waals surface area (Å²) in [5.74, 6) is -0.203. The molecule has 7 nitrogen and oxygen atoms in total. The SMILES string of the molecule is Cn1nc(-c2ccc(C(=O)NC3CCC(O)CC3)nc2)c2cc(C#N)ccc21. The minimum absolute atomic E-state index is 0.0847. The maximum Gasteiger partial charge on any atom is 0.270 e. The molecule has 2 N–H and O–H groups in total. The van der Waals surface area contributed by atoms with Gasteiger partial charge in [-0.25, -0.2) is 0 Å². The van der Waals surface area contributed by atoms with E-state index in [1.807, 2.05) is 25.2 Å². The Morgan fingerprint density at radius 3 is 2.71 bits per heavy atom. The molecule has 1 amide bonds. The molecule has 0 atom stereocenters. The van der Waals surface area contributed by atoms with Crippen molar-refractivity contribution < 1.29 is 9.90 Å². The topological polar surface area (TPSA) is 104 Å². The second-order valence-electron chi connectivity index (χ2n) is 7.23. The third-order valence-corrected chi connectivity index (χ3v) is 5.28. The summed E-state index contributed by atoms with van der Waals surface area (Å²) in [6, 6.07) is 11.2. The van der Waals surface area contributed by atoms with Crippen molar-refractivity contribution in [3.05, 3.63) is 47.8 Å². The van der Waals surface area contributed by atoms with Crippen LogP contribution in [0.25, 0.3) is 22.2 Å². The van der Waals surface area contributed by atoms with Gasteiger partial charge in [0.2, 0.25) is 0 Å². The number of amides is 1. The first-order chi connectivity index (χ1) is 13.5. The monoisotopic (exact) mass is 375 g/mol. The number of fused-ring (bicyclic) bond motifs is 1. The van der Waals surface area contributed by atoms with E-state index in [0.717, 1.165) is 47.8 Å². The zero-order valence-electron chi connectivity index (χ0n) is 15.6. The molecule has 4 rings (SSSR count). The molecule has 2 heterocycles. The number of hydrogen-bond donors (Lipinski definition) is 2. The quantitative estimate of drug-likeness (QED) is 0.732. The van der Waals surface area contributed by atoms with Crippen molar-refractivity contribution in [2.75, 3.05) is 0 Å². The van der Waals surface area contributed by atoms with Gasteiger partial charge < -0.3 is 10.4 Å². The van der Waals surface area contributed by atoms with Crippen molar-refractivity contribution in [1.29, 1.82) is 5.26 Å². The zero-order valence-corrected chi connectivity index (χ0v) is 15.6. The van der Waals surface area contributed by atoms with Crippen molar-refractivity contribution >= 4 is 16.8 Å². The molecule has 1 saturated carbocycles. The molecular weight excluding hydrogens is 354 g/mol. The molecule has 0 saturated heterocycles. The molecule has 0 radical (unpaired) electrons. The first-order valence-electron chi connectivity index (χ1n) is 9.37. The summed E-state index contributed by atoms with van der Waals surface area (Å²) in [6.07, 6.45) is 4.39. The Balaban J connectivity index is 1.56. The van der Waals surface area contributed by atoms with Crippen LogP contribution < -0.4 is 5.32 Å². The molecule has 7 heteroatoms. The summed E-state index contributed by atoms with van der Waals surface area (Å²) >= 11 is 0. The Hall–Kier alpha value is -3.24. The van der Waals surface area contributed by atoms with E-state index >= 15 is 0 Å². The van der Waals surface area contributed by atoms with Crippen molar-refractivity contribution in [3.63, 3.8) is 0 Å². The third-order valence-electron chi connectivity index (χ3n) is 5.28. The van der Waals surface area contributed by atoms with Gasteiger partial charge in [-0.2, -0.15) is 10.4 Å². The second-order valence-corrected chi connectivity index (χ2v) is 7.23. The number of carbonyl (C=O) groups is 1. The maximum atomic E-state index is 12.5. The summed E-state index contributed by atoms with van der Waals surface area (Å²) in [7, 11) is 1.86. The standard InChI is InChI=1S/C21H21N5O2/c1-26-19-9-2-13(11-22)10-17(19)20(25-26)14-3-8-18(23-12-14)21(28)24-15-4-6-16(27)7-5-15/h2-3,8-10,12,15-16,27H,4-7H2,1H3,(H,24,28). The van der Waals surface area contributed by atoms with Gasteiger partial charge in [0.1, 0.15) is 11.4 Å². The fourth-order valence-corrected chi connectivity index (χ4v) is 3.70. The van der Waals surface area contributed by atoms with Crippen LogP contribution in [0.5, 0.6) is 0 Å². The van der Waals surface area contributed by atoms with Crippen molar-refractivity contribution in [1.82, 2.24) is 20.1 Å². The smallest absolute Gasteiger partial charge is 0.270 e. The second kappa shape index (κ2) is 7.41. The van der Waals surface area contributed by atoms with Crippen LogP contribution in [0, 0.1) is 11.3 Å². The molecule has 0 unspecified atom stereocenters. The highest BCUT2D eigenvalue weighted by molar-refractivity contribution is 5.95. The number of carbonyl (C=O) groups excluding carboxylic acids is 1. The molecule has 28 heavy (non-hydrogen) atoms. The van der Waals surface area contributed by atoms with E-state index in [4.69, 9.17) is 5.26 Å². The Bertz CT molecular complexity index is 1060. The van der Waals surface area contributed by atoms with E-state index in [1.54, 1.807) is 23.0 Å². The molecule has 1 aliphatic rings. The van der Waals surface area contributed by atoms with Crippen LogP contribution in [0.3, 0.4) is 0 Å². The molecule has 3 aromatic rings. The highest BCUT2D eigenvalue weighted by atomic mass is 16.3. The lowest BCUT2D eigenvalue weighted by Crippen LogP contribution is -2.38. The molecule has 1 fully saturated rings. The van der Waals surface area contributed by atoms with Gasteiger partial charge in [0.15, 0.2) is 0 Å². The molecular formula is C21H21N5O2. The summed E-state index contributed by atoms with van der Waals surface area (Å²) in [6.45, 7) is 0. The lowest BCUT2D eigenvalue weighted by Gasteiger charge is -2.26. The zero-order chi connectivity index (χ0) is 19.7. The largest absolute Gasteiger partial charge is 0.393 e. The molecule has 0 bridgehead atoms. The van der Waals surface area contributed by atoms with Crippen LogP contribution in [0.2, 0.25) is 0 Å². The Morgan fingerprint density at radius 1 is 1.25 bits per heavy atom. The van der Waals surface area contributed by atoms with Gasteiger partial charge in [0, 0.05) is 30.2 Å². The first-order valence-corrected chi connectivity index (χ1v) is 9.37. The molecule has 2 aromatic heterocycles. The number of benzene rings is 1. The molecule has 0 spiro atoms. The van der Waals surface area contributed by atoms with E-state index in [1.165, 1.54) is 0 Å². The van der Waals surface area contributed by atoms with Crippen molar-refractivity contribution in [2.24, 2.45) is 7.05 Å². The number of aliphatic hydroxyl groups excluding tert-OH is 1. The third kappa shape index (κ3) is 3.47. The van der Waals surface area contributed by atoms with E-state index in [-0.39, 0.29) is 18.1 Å². The number of aliphatic hydroxyl groups is 1. The van der Waals surface area contributed by atoms with Crippen LogP contribution >= 0.6 is 0 Å². The van der Waals surface area contributed by atoms with Crippen LogP contribution in [-0.4, -0.2) is 37.9 Å². The number of hydrogen-bond acceptors (Lipinski definition) is 5. The Kier molecular flexibility index (Phi) is 4.80. The van der Waals surface area contributed by atoms with Crippen LogP contribution in [0.4, 0.5) is 0 Å². The molecule has 1 aromatic carbocycles. The van der Waals surface area contributed by atoms with Crippen LogP contribution in [0.1, 0.15) is 41.7 Å². The number of pyridine rings is 1. The van der Waals surface area contributed by atoms with Crippen LogP contribution in [-0.2, 0) is 7.05 Å². The van der Waals surface area contributed by atoms with Gasteiger partial charge in [-0.3, -0.25) is 14.5 Å². The van der Waals surface area contributed by atoms with Crippen molar-refractivity contribution in [2.45, 2.75) is 37.8 Å². The average Bonchev–Trinajstić information content (AvgIpc) is 3.05. The van der Waals surface area contributed by atoms with E-state index in [0.29, 0.717) is 11.3 Å². The number of rotatable bonds is 3. The lowest BCUT2D eigenvalue weighted by molar-refractivity contribution is 0.0863. The number of nitrogens with zero attached hydrogens (tertiary/aromatic N) is 4. The normalized spacial score (nSPS) is 19.3. The lowest BCUT2D eigenvalue weighted by atomic mass is 9.93. The predicted octanol–water partition coefficient (Wildman–Crippen LogP) is 2.54. The number of aromatic nitrogens is 3.